The van der Waals surface area contributed by atoms with Crippen LogP contribution in [0.1, 0.15) is 49.4 Å². The summed E-state index contributed by atoms with van der Waals surface area (Å²) in [6.07, 6.45) is 6.18. The minimum atomic E-state index is -0.427. The maximum Gasteiger partial charge on any atom is 0.341 e. The molecule has 0 bridgehead atoms. The summed E-state index contributed by atoms with van der Waals surface area (Å²) in [5.41, 5.74) is 0.384. The van der Waals surface area contributed by atoms with Crippen molar-refractivity contribution in [1.29, 1.82) is 0 Å². The maximum absolute atomic E-state index is 12.2. The van der Waals surface area contributed by atoms with Crippen molar-refractivity contribution in [3.63, 3.8) is 0 Å². The predicted octanol–water partition coefficient (Wildman–Crippen LogP) is 4.25. The highest BCUT2D eigenvalue weighted by molar-refractivity contribution is 8.01. The van der Waals surface area contributed by atoms with Crippen LogP contribution in [-0.2, 0) is 9.53 Å². The van der Waals surface area contributed by atoms with E-state index in [-0.39, 0.29) is 11.7 Å². The van der Waals surface area contributed by atoms with Crippen molar-refractivity contribution in [2.75, 3.05) is 23.0 Å². The Kier molecular flexibility index (Phi) is 7.48. The second-order valence-electron chi connectivity index (χ2n) is 6.07. The molecule has 2 heterocycles. The lowest BCUT2D eigenvalue weighted by Crippen LogP contribution is -2.21. The van der Waals surface area contributed by atoms with Crippen LogP contribution in [0.2, 0.25) is 0 Å². The molecule has 1 amide bonds. The van der Waals surface area contributed by atoms with E-state index >= 15 is 0 Å². The van der Waals surface area contributed by atoms with E-state index < -0.39 is 5.97 Å². The van der Waals surface area contributed by atoms with Gasteiger partial charge in [0.05, 0.1) is 17.9 Å². The smallest absolute Gasteiger partial charge is 0.341 e. The molecule has 2 aromatic heterocycles. The molecule has 0 radical (unpaired) electrons. The van der Waals surface area contributed by atoms with Crippen LogP contribution in [0.25, 0.3) is 0 Å². The number of rotatable bonds is 8. The van der Waals surface area contributed by atoms with Gasteiger partial charge in [0.15, 0.2) is 4.34 Å². The standard InChI is InChI=1S/C17H22N4O3S3/c1-2-24-15(23)12-8-9-25-14(12)19-13(22)10-26-17-21-20-16(27-17)18-11-6-4-3-5-7-11/h8-9,11H,2-7,10H2,1H3,(H,18,20)(H,19,22). The molecule has 27 heavy (non-hydrogen) atoms. The molecule has 1 saturated carbocycles. The molecule has 10 heteroatoms. The highest BCUT2D eigenvalue weighted by Crippen LogP contribution is 2.29. The lowest BCUT2D eigenvalue weighted by molar-refractivity contribution is -0.113. The van der Waals surface area contributed by atoms with Crippen molar-refractivity contribution in [1.82, 2.24) is 10.2 Å². The number of carbonyl (C=O) groups excluding carboxylic acids is 2. The molecular formula is C17H22N4O3S3. The number of nitrogens with zero attached hydrogens (tertiary/aromatic N) is 2. The van der Waals surface area contributed by atoms with Crippen molar-refractivity contribution in [2.45, 2.75) is 49.4 Å². The largest absolute Gasteiger partial charge is 0.462 e. The van der Waals surface area contributed by atoms with Gasteiger partial charge in [-0.25, -0.2) is 4.79 Å². The second kappa shape index (κ2) is 10.0. The van der Waals surface area contributed by atoms with Gasteiger partial charge in [-0.2, -0.15) is 0 Å². The van der Waals surface area contributed by atoms with E-state index in [1.165, 1.54) is 66.5 Å². The van der Waals surface area contributed by atoms with E-state index in [1.807, 2.05) is 0 Å². The third kappa shape index (κ3) is 5.91. The molecule has 1 aliphatic carbocycles. The number of aromatic nitrogens is 2. The van der Waals surface area contributed by atoms with Gasteiger partial charge >= 0.3 is 5.97 Å². The van der Waals surface area contributed by atoms with Crippen LogP contribution in [0.3, 0.4) is 0 Å². The van der Waals surface area contributed by atoms with Crippen molar-refractivity contribution < 1.29 is 14.3 Å². The topological polar surface area (TPSA) is 93.2 Å². The number of thiophene rings is 1. The number of esters is 1. The fourth-order valence-electron chi connectivity index (χ4n) is 2.81. The van der Waals surface area contributed by atoms with Crippen molar-refractivity contribution in [3.8, 4) is 0 Å². The molecule has 2 aromatic rings. The van der Waals surface area contributed by atoms with E-state index in [9.17, 15) is 9.59 Å². The second-order valence-corrected chi connectivity index (χ2v) is 9.19. The van der Waals surface area contributed by atoms with Crippen LogP contribution in [-0.4, -0.2) is 40.5 Å². The zero-order valence-corrected chi connectivity index (χ0v) is 17.5. The Bertz CT molecular complexity index is 771. The number of thioether (sulfide) groups is 1. The number of anilines is 2. The van der Waals surface area contributed by atoms with Gasteiger partial charge in [-0.1, -0.05) is 42.4 Å². The third-order valence-electron chi connectivity index (χ3n) is 4.08. The minimum Gasteiger partial charge on any atom is -0.462 e. The summed E-state index contributed by atoms with van der Waals surface area (Å²) in [7, 11) is 0. The van der Waals surface area contributed by atoms with Crippen molar-refractivity contribution in [2.24, 2.45) is 0 Å². The van der Waals surface area contributed by atoms with Gasteiger partial charge in [-0.15, -0.1) is 21.5 Å². The summed E-state index contributed by atoms with van der Waals surface area (Å²) < 4.78 is 5.74. The van der Waals surface area contributed by atoms with Crippen LogP contribution < -0.4 is 10.6 Å². The molecular weight excluding hydrogens is 404 g/mol. The Morgan fingerprint density at radius 3 is 2.89 bits per heavy atom. The first kappa shape index (κ1) is 20.1. The van der Waals surface area contributed by atoms with E-state index in [4.69, 9.17) is 4.74 Å². The Morgan fingerprint density at radius 2 is 2.11 bits per heavy atom. The Balaban J connectivity index is 1.47. The molecule has 3 rings (SSSR count). The first-order valence-corrected chi connectivity index (χ1v) is 11.6. The maximum atomic E-state index is 12.2. The summed E-state index contributed by atoms with van der Waals surface area (Å²) >= 11 is 4.11. The molecule has 1 fully saturated rings. The number of amides is 1. The molecule has 7 nitrogen and oxygen atoms in total. The lowest BCUT2D eigenvalue weighted by atomic mass is 9.96. The molecule has 146 valence electrons. The molecule has 2 N–H and O–H groups in total. The quantitative estimate of drug-likeness (QED) is 0.481. The lowest BCUT2D eigenvalue weighted by Gasteiger charge is -2.21. The summed E-state index contributed by atoms with van der Waals surface area (Å²) in [6, 6.07) is 2.13. The van der Waals surface area contributed by atoms with E-state index in [0.29, 0.717) is 23.2 Å². The average Bonchev–Trinajstić information content (AvgIpc) is 3.30. The van der Waals surface area contributed by atoms with Gasteiger partial charge in [-0.05, 0) is 31.2 Å². The van der Waals surface area contributed by atoms with Gasteiger partial charge in [0.2, 0.25) is 11.0 Å². The summed E-state index contributed by atoms with van der Waals surface area (Å²) in [4.78, 5) is 24.1. The number of ether oxygens (including phenoxy) is 1. The SMILES string of the molecule is CCOC(=O)c1ccsc1NC(=O)CSc1nnc(NC2CCCCC2)s1. The van der Waals surface area contributed by atoms with Gasteiger partial charge in [0.1, 0.15) is 5.00 Å². The highest BCUT2D eigenvalue weighted by Gasteiger charge is 2.18. The first-order valence-electron chi connectivity index (χ1n) is 8.93. The van der Waals surface area contributed by atoms with E-state index in [2.05, 4.69) is 20.8 Å². The van der Waals surface area contributed by atoms with Crippen LogP contribution in [0.4, 0.5) is 10.1 Å². The molecule has 0 aliphatic heterocycles. The normalized spacial score (nSPS) is 14.7. The molecule has 1 aliphatic rings. The summed E-state index contributed by atoms with van der Waals surface area (Å²) in [6.45, 7) is 2.05. The molecule has 0 spiro atoms. The third-order valence-corrected chi connectivity index (χ3v) is 6.90. The Labute approximate surface area is 170 Å². The molecule has 0 unspecified atom stereocenters. The predicted molar refractivity (Wildman–Crippen MR) is 110 cm³/mol. The fourth-order valence-corrected chi connectivity index (χ4v) is 5.23. The summed E-state index contributed by atoms with van der Waals surface area (Å²) in [5.74, 6) is -0.410. The average molecular weight is 427 g/mol. The number of hydrogen-bond acceptors (Lipinski definition) is 9. The minimum absolute atomic E-state index is 0.190. The van der Waals surface area contributed by atoms with Crippen LogP contribution in [0.15, 0.2) is 15.8 Å². The zero-order chi connectivity index (χ0) is 19.1. The Morgan fingerprint density at radius 1 is 1.30 bits per heavy atom. The molecule has 0 atom stereocenters. The molecule has 0 saturated heterocycles. The van der Waals surface area contributed by atoms with Gasteiger partial charge in [0, 0.05) is 6.04 Å². The van der Waals surface area contributed by atoms with Crippen LogP contribution in [0.5, 0.6) is 0 Å². The Hall–Kier alpha value is -1.65. The zero-order valence-electron chi connectivity index (χ0n) is 15.0. The highest BCUT2D eigenvalue weighted by atomic mass is 32.2. The van der Waals surface area contributed by atoms with Crippen LogP contribution in [0, 0.1) is 0 Å². The van der Waals surface area contributed by atoms with E-state index in [1.54, 1.807) is 18.4 Å². The van der Waals surface area contributed by atoms with Crippen LogP contribution >= 0.6 is 34.4 Å². The monoisotopic (exact) mass is 426 g/mol. The van der Waals surface area contributed by atoms with Crippen molar-refractivity contribution in [3.05, 3.63) is 17.0 Å². The first-order chi connectivity index (χ1) is 13.2. The fraction of sp³-hybridized carbons (Fsp3) is 0.529. The van der Waals surface area contributed by atoms with Gasteiger partial charge in [0.25, 0.3) is 0 Å². The van der Waals surface area contributed by atoms with E-state index in [0.717, 1.165) is 9.47 Å². The summed E-state index contributed by atoms with van der Waals surface area (Å²) in [5, 5.41) is 17.6. The molecule has 0 aromatic carbocycles. The number of hydrogen-bond donors (Lipinski definition) is 2. The number of carbonyl (C=O) groups is 2. The van der Waals surface area contributed by atoms with Crippen molar-refractivity contribution >= 4 is 56.4 Å². The van der Waals surface area contributed by atoms with Gasteiger partial charge in [-0.3, -0.25) is 4.79 Å². The number of nitrogens with one attached hydrogen (secondary N) is 2. The van der Waals surface area contributed by atoms with Gasteiger partial charge < -0.3 is 15.4 Å².